The molecule has 0 fully saturated rings. The molecular weight excluding hydrogens is 325 g/mol. The van der Waals surface area contributed by atoms with E-state index in [9.17, 15) is 14.0 Å². The smallest absolute Gasteiger partial charge is 0.278 e. The third-order valence-corrected chi connectivity index (χ3v) is 4.06. The second-order valence-electron chi connectivity index (χ2n) is 5.99. The summed E-state index contributed by atoms with van der Waals surface area (Å²) in [6, 6.07) is 4.32. The van der Waals surface area contributed by atoms with E-state index >= 15 is 0 Å². The number of fused-ring (bicyclic) bond motifs is 1. The Morgan fingerprint density at radius 1 is 1.32 bits per heavy atom. The fourth-order valence-corrected chi connectivity index (χ4v) is 2.68. The van der Waals surface area contributed by atoms with Gasteiger partial charge in [0.05, 0.1) is 29.3 Å². The van der Waals surface area contributed by atoms with Crippen molar-refractivity contribution in [2.24, 2.45) is 7.05 Å². The molecule has 0 bridgehead atoms. The third kappa shape index (κ3) is 3.28. The number of amides is 1. The van der Waals surface area contributed by atoms with E-state index in [1.54, 1.807) is 33.0 Å². The van der Waals surface area contributed by atoms with Crippen molar-refractivity contribution in [3.63, 3.8) is 0 Å². The highest BCUT2D eigenvalue weighted by atomic mass is 19.1. The molecule has 0 unspecified atom stereocenters. The summed E-state index contributed by atoms with van der Waals surface area (Å²) in [5, 5.41) is 11.1. The number of aryl methyl sites for hydroxylation is 2. The van der Waals surface area contributed by atoms with Crippen LogP contribution in [0.25, 0.3) is 10.9 Å². The Balaban J connectivity index is 1.76. The number of benzene rings is 1. The number of aromatic nitrogens is 4. The number of hydrogen-bond acceptors (Lipinski definition) is 4. The van der Waals surface area contributed by atoms with Gasteiger partial charge in [0.25, 0.3) is 5.56 Å². The number of hydrogen-bond donors (Lipinski definition) is 1. The van der Waals surface area contributed by atoms with Gasteiger partial charge in [-0.25, -0.2) is 9.07 Å². The Hall–Kier alpha value is -3.03. The summed E-state index contributed by atoms with van der Waals surface area (Å²) in [5.41, 5.74) is 1.40. The molecule has 0 radical (unpaired) electrons. The summed E-state index contributed by atoms with van der Waals surface area (Å²) >= 11 is 0. The van der Waals surface area contributed by atoms with Crippen LogP contribution in [0.15, 0.2) is 35.4 Å². The lowest BCUT2D eigenvalue weighted by Gasteiger charge is -2.15. The quantitative estimate of drug-likeness (QED) is 0.777. The van der Waals surface area contributed by atoms with Gasteiger partial charge in [0.2, 0.25) is 5.91 Å². The Morgan fingerprint density at radius 3 is 2.80 bits per heavy atom. The maximum Gasteiger partial charge on any atom is 0.278 e. The number of carbonyl (C=O) groups excluding carboxylic acids is 1. The van der Waals surface area contributed by atoms with Gasteiger partial charge in [-0.2, -0.15) is 10.2 Å². The SMILES string of the molecule is Cc1ccc([C@H](C)NC(=O)Cn2ncc3c(cnn3C)c2=O)c(F)c1. The summed E-state index contributed by atoms with van der Waals surface area (Å²) in [5.74, 6) is -0.801. The molecule has 0 aliphatic rings. The number of rotatable bonds is 4. The van der Waals surface area contributed by atoms with E-state index in [1.165, 1.54) is 23.1 Å². The van der Waals surface area contributed by atoms with E-state index in [0.29, 0.717) is 16.5 Å². The first-order chi connectivity index (χ1) is 11.9. The summed E-state index contributed by atoms with van der Waals surface area (Å²) in [6.07, 6.45) is 2.93. The van der Waals surface area contributed by atoms with Crippen LogP contribution in [0.2, 0.25) is 0 Å². The minimum absolute atomic E-state index is 0.249. The van der Waals surface area contributed by atoms with Crippen LogP contribution in [0.3, 0.4) is 0 Å². The summed E-state index contributed by atoms with van der Waals surface area (Å²) in [7, 11) is 1.71. The van der Waals surface area contributed by atoms with Gasteiger partial charge in [0, 0.05) is 12.6 Å². The Labute approximate surface area is 143 Å². The van der Waals surface area contributed by atoms with Gasteiger partial charge in [-0.05, 0) is 25.5 Å². The van der Waals surface area contributed by atoms with Crippen molar-refractivity contribution in [1.29, 1.82) is 0 Å². The molecule has 0 saturated heterocycles. The molecule has 0 aliphatic carbocycles. The zero-order chi connectivity index (χ0) is 18.1. The Kier molecular flexibility index (Phi) is 4.35. The number of carbonyl (C=O) groups is 1. The standard InChI is InChI=1S/C17H18FN5O2/c1-10-4-5-12(14(18)6-10)11(2)21-16(24)9-23-17(25)13-7-19-22(3)15(13)8-20-23/h4-8,11H,9H2,1-3H3,(H,21,24)/t11-/m0/s1. The molecule has 3 aromatic rings. The maximum atomic E-state index is 14.0. The number of nitrogens with zero attached hydrogens (tertiary/aromatic N) is 4. The molecule has 0 aliphatic heterocycles. The first-order valence-corrected chi connectivity index (χ1v) is 7.80. The summed E-state index contributed by atoms with van der Waals surface area (Å²) in [4.78, 5) is 24.5. The Morgan fingerprint density at radius 2 is 2.08 bits per heavy atom. The van der Waals surface area contributed by atoms with Crippen LogP contribution < -0.4 is 10.9 Å². The second-order valence-corrected chi connectivity index (χ2v) is 5.99. The normalized spacial score (nSPS) is 12.3. The first kappa shape index (κ1) is 16.8. The number of halogens is 1. The van der Waals surface area contributed by atoms with Gasteiger partial charge in [-0.3, -0.25) is 14.3 Å². The predicted octanol–water partition coefficient (Wildman–Crippen LogP) is 1.45. The molecule has 0 saturated carbocycles. The fourth-order valence-electron chi connectivity index (χ4n) is 2.68. The second kappa shape index (κ2) is 6.46. The highest BCUT2D eigenvalue weighted by Crippen LogP contribution is 2.17. The van der Waals surface area contributed by atoms with Crippen LogP contribution in [-0.4, -0.2) is 25.5 Å². The lowest BCUT2D eigenvalue weighted by molar-refractivity contribution is -0.122. The molecule has 8 heteroatoms. The van der Waals surface area contributed by atoms with Gasteiger partial charge >= 0.3 is 0 Å². The van der Waals surface area contributed by atoms with Gasteiger partial charge in [0.1, 0.15) is 12.4 Å². The average molecular weight is 343 g/mol. The molecule has 2 aromatic heterocycles. The van der Waals surface area contributed by atoms with Crippen molar-refractivity contribution in [3.05, 3.63) is 57.9 Å². The van der Waals surface area contributed by atoms with Gasteiger partial charge in [0.15, 0.2) is 0 Å². The third-order valence-electron chi connectivity index (χ3n) is 4.06. The van der Waals surface area contributed by atoms with Crippen LogP contribution >= 0.6 is 0 Å². The Bertz CT molecular complexity index is 1010. The van der Waals surface area contributed by atoms with Gasteiger partial charge in [-0.1, -0.05) is 12.1 Å². The van der Waals surface area contributed by atoms with Crippen LogP contribution in [0, 0.1) is 12.7 Å². The molecular formula is C17H18FN5O2. The zero-order valence-corrected chi connectivity index (χ0v) is 14.2. The lowest BCUT2D eigenvalue weighted by Crippen LogP contribution is -2.35. The largest absolute Gasteiger partial charge is 0.348 e. The van der Waals surface area contributed by atoms with Crippen LogP contribution in [0.4, 0.5) is 4.39 Å². The van der Waals surface area contributed by atoms with Crippen molar-refractivity contribution in [2.45, 2.75) is 26.4 Å². The van der Waals surface area contributed by atoms with Gasteiger partial charge < -0.3 is 5.32 Å². The monoisotopic (exact) mass is 343 g/mol. The first-order valence-electron chi connectivity index (χ1n) is 7.80. The van der Waals surface area contributed by atoms with Crippen molar-refractivity contribution >= 4 is 16.8 Å². The minimum atomic E-state index is -0.522. The van der Waals surface area contributed by atoms with E-state index in [4.69, 9.17) is 0 Å². The molecule has 7 nitrogen and oxygen atoms in total. The lowest BCUT2D eigenvalue weighted by atomic mass is 10.1. The molecule has 0 spiro atoms. The topological polar surface area (TPSA) is 81.8 Å². The van der Waals surface area contributed by atoms with Crippen LogP contribution in [-0.2, 0) is 18.4 Å². The molecule has 25 heavy (non-hydrogen) atoms. The maximum absolute atomic E-state index is 14.0. The fraction of sp³-hybridized carbons (Fsp3) is 0.294. The molecule has 130 valence electrons. The predicted molar refractivity (Wildman–Crippen MR) is 90.5 cm³/mol. The van der Waals surface area contributed by atoms with E-state index in [1.807, 2.05) is 0 Å². The minimum Gasteiger partial charge on any atom is -0.348 e. The molecule has 2 heterocycles. The number of nitrogens with one attached hydrogen (secondary N) is 1. The van der Waals surface area contributed by atoms with Gasteiger partial charge in [-0.15, -0.1) is 0 Å². The van der Waals surface area contributed by atoms with Crippen molar-refractivity contribution in [1.82, 2.24) is 24.9 Å². The van der Waals surface area contributed by atoms with Crippen molar-refractivity contribution < 1.29 is 9.18 Å². The summed E-state index contributed by atoms with van der Waals surface area (Å²) < 4.78 is 16.6. The van der Waals surface area contributed by atoms with Crippen molar-refractivity contribution in [2.75, 3.05) is 0 Å². The van der Waals surface area contributed by atoms with E-state index in [0.717, 1.165) is 10.2 Å². The van der Waals surface area contributed by atoms with E-state index in [2.05, 4.69) is 15.5 Å². The van der Waals surface area contributed by atoms with E-state index in [-0.39, 0.29) is 12.4 Å². The molecule has 1 amide bonds. The summed E-state index contributed by atoms with van der Waals surface area (Å²) in [6.45, 7) is 3.23. The molecule has 3 rings (SSSR count). The molecule has 1 aromatic carbocycles. The average Bonchev–Trinajstić information content (AvgIpc) is 2.92. The molecule has 1 N–H and O–H groups in total. The molecule has 1 atom stereocenters. The van der Waals surface area contributed by atoms with Crippen LogP contribution in [0.1, 0.15) is 24.1 Å². The highest BCUT2D eigenvalue weighted by Gasteiger charge is 2.16. The zero-order valence-electron chi connectivity index (χ0n) is 14.2. The highest BCUT2D eigenvalue weighted by molar-refractivity contribution is 5.78. The van der Waals surface area contributed by atoms with Crippen LogP contribution in [0.5, 0.6) is 0 Å². The van der Waals surface area contributed by atoms with Crippen molar-refractivity contribution in [3.8, 4) is 0 Å². The van der Waals surface area contributed by atoms with E-state index < -0.39 is 17.5 Å².